The van der Waals surface area contributed by atoms with Crippen LogP contribution in [0.5, 0.6) is 0 Å². The van der Waals surface area contributed by atoms with Crippen LogP contribution < -0.4 is 0 Å². The van der Waals surface area contributed by atoms with Gasteiger partial charge in [-0.1, -0.05) is 12.2 Å². The topological polar surface area (TPSA) is 58.0 Å². The third kappa shape index (κ3) is 2.24. The Hall–Kier alpha value is -1.01. The molecule has 0 saturated carbocycles. The molecule has 0 unspecified atom stereocenters. The SMILES string of the molecule is O=C(O)Cn1ccc(=S)[nH]c1=S. The van der Waals surface area contributed by atoms with Crippen LogP contribution in [0.2, 0.25) is 0 Å². The number of hydrogen-bond donors (Lipinski definition) is 2. The lowest BCUT2D eigenvalue weighted by molar-refractivity contribution is -0.137. The van der Waals surface area contributed by atoms with Gasteiger partial charge < -0.3 is 14.7 Å². The molecule has 4 nitrogen and oxygen atoms in total. The van der Waals surface area contributed by atoms with Crippen LogP contribution in [-0.2, 0) is 11.3 Å². The summed E-state index contributed by atoms with van der Waals surface area (Å²) in [5.74, 6) is -0.934. The van der Waals surface area contributed by atoms with Crippen molar-refractivity contribution in [2.45, 2.75) is 6.54 Å². The number of aromatic amines is 1. The summed E-state index contributed by atoms with van der Waals surface area (Å²) in [7, 11) is 0. The standard InChI is InChI=1S/C6H6N2O2S2/c9-5(10)3-8-2-1-4(11)7-6(8)12/h1-2H,3H2,(H,9,10)(H,7,11,12). The van der Waals surface area contributed by atoms with Crippen molar-refractivity contribution in [3.63, 3.8) is 0 Å². The number of aliphatic carboxylic acids is 1. The molecule has 0 amide bonds. The molecule has 64 valence electrons. The summed E-state index contributed by atoms with van der Waals surface area (Å²) < 4.78 is 2.22. The second-order valence-electron chi connectivity index (χ2n) is 2.13. The van der Waals surface area contributed by atoms with E-state index >= 15 is 0 Å². The number of H-pyrrole nitrogens is 1. The number of nitrogens with zero attached hydrogens (tertiary/aromatic N) is 1. The van der Waals surface area contributed by atoms with Gasteiger partial charge >= 0.3 is 5.97 Å². The molecule has 0 atom stereocenters. The highest BCUT2D eigenvalue weighted by Crippen LogP contribution is 1.91. The first-order valence-electron chi connectivity index (χ1n) is 3.11. The third-order valence-corrected chi connectivity index (χ3v) is 1.78. The molecular weight excluding hydrogens is 196 g/mol. The normalized spacial score (nSPS) is 9.67. The van der Waals surface area contributed by atoms with Crippen molar-refractivity contribution in [1.29, 1.82) is 0 Å². The molecular formula is C6H6N2O2S2. The van der Waals surface area contributed by atoms with Crippen LogP contribution >= 0.6 is 24.4 Å². The van der Waals surface area contributed by atoms with Gasteiger partial charge in [-0.15, -0.1) is 0 Å². The van der Waals surface area contributed by atoms with Gasteiger partial charge in [0.15, 0.2) is 4.77 Å². The fourth-order valence-electron chi connectivity index (χ4n) is 0.714. The molecule has 1 aromatic rings. The number of carbonyl (C=O) groups is 1. The Kier molecular flexibility index (Phi) is 2.72. The number of rotatable bonds is 2. The first-order chi connectivity index (χ1) is 5.59. The summed E-state index contributed by atoms with van der Waals surface area (Å²) in [6.07, 6.45) is 1.55. The van der Waals surface area contributed by atoms with Crippen molar-refractivity contribution < 1.29 is 9.90 Å². The lowest BCUT2D eigenvalue weighted by Crippen LogP contribution is -2.10. The average molecular weight is 202 g/mol. The van der Waals surface area contributed by atoms with Crippen molar-refractivity contribution >= 4 is 30.4 Å². The van der Waals surface area contributed by atoms with Gasteiger partial charge in [0.05, 0.1) is 0 Å². The van der Waals surface area contributed by atoms with Crippen molar-refractivity contribution in [3.8, 4) is 0 Å². The summed E-state index contributed by atoms with van der Waals surface area (Å²) in [6, 6.07) is 1.59. The molecule has 0 bridgehead atoms. The summed E-state index contributed by atoms with van der Waals surface area (Å²) in [6.45, 7) is -0.148. The molecule has 0 aliphatic rings. The van der Waals surface area contributed by atoms with E-state index < -0.39 is 5.97 Å². The predicted octanol–water partition coefficient (Wildman–Crippen LogP) is 1.36. The molecule has 0 aromatic carbocycles. The van der Waals surface area contributed by atoms with Gasteiger partial charge in [0.1, 0.15) is 11.2 Å². The van der Waals surface area contributed by atoms with Crippen LogP contribution in [0.3, 0.4) is 0 Å². The van der Waals surface area contributed by atoms with E-state index in [2.05, 4.69) is 4.98 Å². The number of aromatic nitrogens is 2. The average Bonchev–Trinajstić information content (AvgIpc) is 1.94. The highest BCUT2D eigenvalue weighted by molar-refractivity contribution is 7.72. The molecule has 0 spiro atoms. The number of nitrogens with one attached hydrogen (secondary N) is 1. The highest BCUT2D eigenvalue weighted by atomic mass is 32.1. The maximum absolute atomic E-state index is 10.3. The number of hydrogen-bond acceptors (Lipinski definition) is 3. The van der Waals surface area contributed by atoms with Gasteiger partial charge in [0.25, 0.3) is 0 Å². The van der Waals surface area contributed by atoms with Crippen molar-refractivity contribution in [2.24, 2.45) is 0 Å². The smallest absolute Gasteiger partial charge is 0.323 e. The highest BCUT2D eigenvalue weighted by Gasteiger charge is 1.97. The molecule has 6 heteroatoms. The molecule has 0 radical (unpaired) electrons. The first-order valence-corrected chi connectivity index (χ1v) is 3.93. The van der Waals surface area contributed by atoms with Gasteiger partial charge in [-0.3, -0.25) is 4.79 Å². The molecule has 0 saturated heterocycles. The zero-order chi connectivity index (χ0) is 9.14. The minimum atomic E-state index is -0.934. The van der Waals surface area contributed by atoms with E-state index in [0.717, 1.165) is 0 Å². The largest absolute Gasteiger partial charge is 0.480 e. The molecule has 12 heavy (non-hydrogen) atoms. The fourth-order valence-corrected chi connectivity index (χ4v) is 1.17. The maximum Gasteiger partial charge on any atom is 0.323 e. The van der Waals surface area contributed by atoms with Crippen LogP contribution in [-0.4, -0.2) is 20.6 Å². The third-order valence-electron chi connectivity index (χ3n) is 1.20. The Bertz CT molecular complexity index is 406. The molecule has 1 heterocycles. The van der Waals surface area contributed by atoms with E-state index in [9.17, 15) is 4.79 Å². The van der Waals surface area contributed by atoms with Gasteiger partial charge in [0.2, 0.25) is 0 Å². The quantitative estimate of drug-likeness (QED) is 0.711. The van der Waals surface area contributed by atoms with E-state index in [1.807, 2.05) is 0 Å². The van der Waals surface area contributed by atoms with Crippen molar-refractivity contribution in [2.75, 3.05) is 0 Å². The maximum atomic E-state index is 10.3. The fraction of sp³-hybridized carbons (Fsp3) is 0.167. The lowest BCUT2D eigenvalue weighted by atomic mass is 10.6. The van der Waals surface area contributed by atoms with Crippen LogP contribution in [0.15, 0.2) is 12.3 Å². The molecule has 1 aromatic heterocycles. The molecule has 0 aliphatic carbocycles. The van der Waals surface area contributed by atoms with Crippen LogP contribution in [0.1, 0.15) is 0 Å². The Morgan fingerprint density at radius 2 is 2.33 bits per heavy atom. The predicted molar refractivity (Wildman–Crippen MR) is 48.1 cm³/mol. The Labute approximate surface area is 78.5 Å². The Morgan fingerprint density at radius 1 is 1.67 bits per heavy atom. The van der Waals surface area contributed by atoms with E-state index in [1.165, 1.54) is 4.57 Å². The second kappa shape index (κ2) is 3.59. The minimum Gasteiger partial charge on any atom is -0.480 e. The first kappa shape index (κ1) is 9.08. The molecule has 2 N–H and O–H groups in total. The number of carboxylic acid groups (broad SMARTS) is 1. The van der Waals surface area contributed by atoms with E-state index in [0.29, 0.717) is 9.41 Å². The monoisotopic (exact) mass is 202 g/mol. The number of carboxylic acids is 1. The molecule has 0 aliphatic heterocycles. The second-order valence-corrected chi connectivity index (χ2v) is 2.96. The van der Waals surface area contributed by atoms with Gasteiger partial charge in [-0.2, -0.15) is 0 Å². The van der Waals surface area contributed by atoms with Gasteiger partial charge in [-0.05, 0) is 18.3 Å². The zero-order valence-corrected chi connectivity index (χ0v) is 7.61. The lowest BCUT2D eigenvalue weighted by Gasteiger charge is -2.00. The summed E-state index contributed by atoms with van der Waals surface area (Å²) in [5, 5.41) is 8.45. The van der Waals surface area contributed by atoms with Crippen LogP contribution in [0, 0.1) is 9.41 Å². The van der Waals surface area contributed by atoms with E-state index in [1.54, 1.807) is 12.3 Å². The van der Waals surface area contributed by atoms with Crippen molar-refractivity contribution in [1.82, 2.24) is 9.55 Å². The van der Waals surface area contributed by atoms with Crippen LogP contribution in [0.25, 0.3) is 0 Å². The Morgan fingerprint density at radius 3 is 2.83 bits per heavy atom. The van der Waals surface area contributed by atoms with Gasteiger partial charge in [-0.25, -0.2) is 0 Å². The van der Waals surface area contributed by atoms with E-state index in [-0.39, 0.29) is 6.54 Å². The van der Waals surface area contributed by atoms with Crippen molar-refractivity contribution in [3.05, 3.63) is 21.7 Å². The van der Waals surface area contributed by atoms with Crippen LogP contribution in [0.4, 0.5) is 0 Å². The zero-order valence-electron chi connectivity index (χ0n) is 5.98. The summed E-state index contributed by atoms with van der Waals surface area (Å²) in [5.41, 5.74) is 0. The van der Waals surface area contributed by atoms with Gasteiger partial charge in [0, 0.05) is 6.20 Å². The summed E-state index contributed by atoms with van der Waals surface area (Å²) >= 11 is 9.63. The molecule has 0 fully saturated rings. The molecule has 1 rings (SSSR count). The van der Waals surface area contributed by atoms with E-state index in [4.69, 9.17) is 29.5 Å². The Balaban J connectivity index is 3.10. The summed E-state index contributed by atoms with van der Waals surface area (Å²) in [4.78, 5) is 13.0. The minimum absolute atomic E-state index is 0.148.